The Hall–Kier alpha value is -0.0800. The van der Waals surface area contributed by atoms with Gasteiger partial charge in [-0.15, -0.1) is 0 Å². The fourth-order valence-corrected chi connectivity index (χ4v) is 4.83. The van der Waals surface area contributed by atoms with Crippen molar-refractivity contribution in [1.29, 1.82) is 0 Å². The Kier molecular flexibility index (Phi) is 5.76. The third-order valence-electron chi connectivity index (χ3n) is 6.17. The molecule has 0 spiro atoms. The van der Waals surface area contributed by atoms with Gasteiger partial charge in [0.05, 0.1) is 0 Å². The number of hydrogen-bond donors (Lipinski definition) is 1. The summed E-state index contributed by atoms with van der Waals surface area (Å²) in [6, 6.07) is 1.50. The molecule has 5 unspecified atom stereocenters. The minimum atomic E-state index is 0.535. The molecule has 2 heteroatoms. The van der Waals surface area contributed by atoms with Gasteiger partial charge in [-0.3, -0.25) is 4.90 Å². The van der Waals surface area contributed by atoms with Crippen LogP contribution < -0.4 is 5.32 Å². The summed E-state index contributed by atoms with van der Waals surface area (Å²) in [7, 11) is 0. The Bertz CT molecular complexity index is 326. The first-order valence-corrected chi connectivity index (χ1v) is 9.30. The molecule has 1 heterocycles. The van der Waals surface area contributed by atoms with Crippen LogP contribution in [-0.4, -0.2) is 36.6 Å². The van der Waals surface area contributed by atoms with Crippen LogP contribution in [0.3, 0.4) is 0 Å². The molecule has 0 aromatic heterocycles. The van der Waals surface area contributed by atoms with Crippen molar-refractivity contribution in [2.75, 3.05) is 19.6 Å². The van der Waals surface area contributed by atoms with E-state index in [0.29, 0.717) is 5.41 Å². The zero-order valence-electron chi connectivity index (χ0n) is 15.3. The summed E-state index contributed by atoms with van der Waals surface area (Å²) >= 11 is 0. The van der Waals surface area contributed by atoms with Crippen LogP contribution in [0.1, 0.15) is 67.2 Å². The second-order valence-electron chi connectivity index (χ2n) is 8.84. The monoisotopic (exact) mass is 294 g/mol. The van der Waals surface area contributed by atoms with Crippen LogP contribution in [0.4, 0.5) is 0 Å². The van der Waals surface area contributed by atoms with E-state index in [2.05, 4.69) is 51.8 Å². The van der Waals surface area contributed by atoms with Crippen molar-refractivity contribution < 1.29 is 0 Å². The Balaban J connectivity index is 2.02. The van der Waals surface area contributed by atoms with Gasteiger partial charge in [-0.1, -0.05) is 34.6 Å². The number of nitrogens with zero attached hydrogens (tertiary/aromatic N) is 1. The average molecular weight is 295 g/mol. The van der Waals surface area contributed by atoms with E-state index in [4.69, 9.17) is 0 Å². The molecule has 124 valence electrons. The zero-order chi connectivity index (χ0) is 15.6. The number of nitrogens with one attached hydrogen (secondary N) is 1. The van der Waals surface area contributed by atoms with E-state index in [1.165, 1.54) is 38.8 Å². The molecule has 2 fully saturated rings. The molecule has 0 bridgehead atoms. The molecular formula is C19H38N2. The quantitative estimate of drug-likeness (QED) is 0.837. The van der Waals surface area contributed by atoms with Crippen molar-refractivity contribution in [1.82, 2.24) is 10.2 Å². The SMILES string of the molecule is CCNC1CCC(C)(C)CC1CN1CC(C)CC(C)C1C. The second kappa shape index (κ2) is 7.00. The van der Waals surface area contributed by atoms with Gasteiger partial charge >= 0.3 is 0 Å². The van der Waals surface area contributed by atoms with Gasteiger partial charge in [0.1, 0.15) is 0 Å². The van der Waals surface area contributed by atoms with Crippen LogP contribution >= 0.6 is 0 Å². The van der Waals surface area contributed by atoms with Crippen molar-refractivity contribution in [3.05, 3.63) is 0 Å². The van der Waals surface area contributed by atoms with Crippen molar-refractivity contribution in [2.24, 2.45) is 23.2 Å². The molecule has 2 rings (SSSR count). The maximum atomic E-state index is 3.77. The van der Waals surface area contributed by atoms with E-state index in [1.807, 2.05) is 0 Å². The highest BCUT2D eigenvalue weighted by atomic mass is 15.2. The number of rotatable bonds is 4. The Morgan fingerprint density at radius 2 is 1.90 bits per heavy atom. The highest BCUT2D eigenvalue weighted by Crippen LogP contribution is 2.40. The molecule has 1 aliphatic heterocycles. The second-order valence-corrected chi connectivity index (χ2v) is 8.84. The molecule has 1 aliphatic carbocycles. The van der Waals surface area contributed by atoms with Crippen LogP contribution in [0, 0.1) is 23.2 Å². The number of hydrogen-bond acceptors (Lipinski definition) is 2. The maximum Gasteiger partial charge on any atom is 0.0108 e. The molecule has 2 aliphatic rings. The maximum absolute atomic E-state index is 3.77. The van der Waals surface area contributed by atoms with E-state index in [1.54, 1.807) is 0 Å². The van der Waals surface area contributed by atoms with Crippen molar-refractivity contribution >= 4 is 0 Å². The average Bonchev–Trinajstić information content (AvgIpc) is 2.38. The first kappa shape index (κ1) is 17.3. The minimum Gasteiger partial charge on any atom is -0.314 e. The first-order chi connectivity index (χ1) is 9.82. The smallest absolute Gasteiger partial charge is 0.0108 e. The molecule has 1 saturated heterocycles. The van der Waals surface area contributed by atoms with E-state index in [9.17, 15) is 0 Å². The van der Waals surface area contributed by atoms with Gasteiger partial charge in [0.15, 0.2) is 0 Å². The molecule has 2 nitrogen and oxygen atoms in total. The summed E-state index contributed by atoms with van der Waals surface area (Å²) in [4.78, 5) is 2.80. The van der Waals surface area contributed by atoms with Crippen molar-refractivity contribution in [2.45, 2.75) is 79.3 Å². The molecule has 0 aromatic rings. The van der Waals surface area contributed by atoms with Crippen LogP contribution in [-0.2, 0) is 0 Å². The summed E-state index contributed by atoms with van der Waals surface area (Å²) < 4.78 is 0. The van der Waals surface area contributed by atoms with E-state index >= 15 is 0 Å². The minimum absolute atomic E-state index is 0.535. The van der Waals surface area contributed by atoms with Gasteiger partial charge in [-0.2, -0.15) is 0 Å². The van der Waals surface area contributed by atoms with Gasteiger partial charge in [-0.05, 0) is 62.3 Å². The molecule has 1 N–H and O–H groups in total. The zero-order valence-corrected chi connectivity index (χ0v) is 15.3. The van der Waals surface area contributed by atoms with E-state index < -0.39 is 0 Å². The largest absolute Gasteiger partial charge is 0.314 e. The Labute approximate surface area is 133 Å². The third-order valence-corrected chi connectivity index (χ3v) is 6.17. The van der Waals surface area contributed by atoms with Crippen molar-refractivity contribution in [3.8, 4) is 0 Å². The third kappa shape index (κ3) is 4.45. The van der Waals surface area contributed by atoms with Gasteiger partial charge in [0.25, 0.3) is 0 Å². The summed E-state index contributed by atoms with van der Waals surface area (Å²) in [5.41, 5.74) is 0.535. The molecule has 0 radical (unpaired) electrons. The highest BCUT2D eigenvalue weighted by molar-refractivity contribution is 4.92. The van der Waals surface area contributed by atoms with Crippen LogP contribution in [0.15, 0.2) is 0 Å². The lowest BCUT2D eigenvalue weighted by Gasteiger charge is -2.47. The van der Waals surface area contributed by atoms with Gasteiger partial charge in [-0.25, -0.2) is 0 Å². The lowest BCUT2D eigenvalue weighted by Crippen LogP contribution is -2.52. The molecule has 0 amide bonds. The summed E-state index contributed by atoms with van der Waals surface area (Å²) in [6.45, 7) is 18.2. The lowest BCUT2D eigenvalue weighted by molar-refractivity contribution is 0.0335. The Morgan fingerprint density at radius 3 is 2.57 bits per heavy atom. The van der Waals surface area contributed by atoms with Crippen LogP contribution in [0.25, 0.3) is 0 Å². The predicted molar refractivity (Wildman–Crippen MR) is 92.6 cm³/mol. The lowest BCUT2D eigenvalue weighted by atomic mass is 9.69. The predicted octanol–water partition coefficient (Wildman–Crippen LogP) is 4.16. The molecule has 5 atom stereocenters. The standard InChI is InChI=1S/C19H38N2/c1-7-20-18-8-9-19(5,6)11-17(18)13-21-12-14(2)10-15(3)16(21)4/h14-18,20H,7-13H2,1-6H3. The summed E-state index contributed by atoms with van der Waals surface area (Å²) in [6.07, 6.45) is 5.53. The first-order valence-electron chi connectivity index (χ1n) is 9.30. The van der Waals surface area contributed by atoms with Gasteiger partial charge < -0.3 is 5.32 Å². The fraction of sp³-hybridized carbons (Fsp3) is 1.00. The highest BCUT2D eigenvalue weighted by Gasteiger charge is 2.37. The van der Waals surface area contributed by atoms with Gasteiger partial charge in [0.2, 0.25) is 0 Å². The number of piperidine rings is 1. The molecule has 21 heavy (non-hydrogen) atoms. The van der Waals surface area contributed by atoms with Crippen molar-refractivity contribution in [3.63, 3.8) is 0 Å². The summed E-state index contributed by atoms with van der Waals surface area (Å²) in [5, 5.41) is 3.77. The molecule has 1 saturated carbocycles. The number of likely N-dealkylation sites (tertiary alicyclic amines) is 1. The fourth-order valence-electron chi connectivity index (χ4n) is 4.83. The molecular weight excluding hydrogens is 256 g/mol. The van der Waals surface area contributed by atoms with E-state index in [0.717, 1.165) is 36.4 Å². The van der Waals surface area contributed by atoms with Crippen LogP contribution in [0.2, 0.25) is 0 Å². The Morgan fingerprint density at radius 1 is 1.19 bits per heavy atom. The normalized spacial score (nSPS) is 41.1. The van der Waals surface area contributed by atoms with Gasteiger partial charge in [0, 0.05) is 25.2 Å². The van der Waals surface area contributed by atoms with E-state index in [-0.39, 0.29) is 0 Å². The topological polar surface area (TPSA) is 15.3 Å². The molecule has 0 aromatic carbocycles. The van der Waals surface area contributed by atoms with Crippen LogP contribution in [0.5, 0.6) is 0 Å². The summed E-state index contributed by atoms with van der Waals surface area (Å²) in [5.74, 6) is 2.54.